The molecule has 0 aliphatic heterocycles. The van der Waals surface area contributed by atoms with Gasteiger partial charge in [-0.3, -0.25) is 10.4 Å². The predicted molar refractivity (Wildman–Crippen MR) is 95.9 cm³/mol. The Morgan fingerprint density at radius 2 is 1.92 bits per heavy atom. The van der Waals surface area contributed by atoms with Gasteiger partial charge in [-0.2, -0.15) is 0 Å². The number of hydrogen-bond acceptors (Lipinski definition) is 4. The minimum atomic E-state index is 0.386. The van der Waals surface area contributed by atoms with Gasteiger partial charge in [-0.05, 0) is 44.4 Å². The first-order valence-electron chi connectivity index (χ1n) is 8.40. The number of aromatic nitrogens is 3. The largest absolute Gasteiger partial charge is 0.357 e. The Balaban J connectivity index is 1.42. The third-order valence-electron chi connectivity index (χ3n) is 3.58. The fourth-order valence-corrected chi connectivity index (χ4v) is 2.22. The highest BCUT2D eigenvalue weighted by atomic mass is 15.1. The van der Waals surface area contributed by atoms with Gasteiger partial charge >= 0.3 is 0 Å². The number of aryl methyl sites for hydroxylation is 2. The highest BCUT2D eigenvalue weighted by Gasteiger charge is 1.98. The van der Waals surface area contributed by atoms with E-state index >= 15 is 0 Å². The number of H-pyrrole nitrogens is 1. The molecule has 130 valence electrons. The molecule has 2 heterocycles. The van der Waals surface area contributed by atoms with Crippen LogP contribution in [0.4, 0.5) is 0 Å². The van der Waals surface area contributed by atoms with Crippen LogP contribution in [0.2, 0.25) is 0 Å². The number of guanidine groups is 1. The van der Waals surface area contributed by atoms with Crippen LogP contribution in [0.15, 0.2) is 30.9 Å². The highest BCUT2D eigenvalue weighted by Crippen LogP contribution is 1.97. The molecule has 0 fully saturated rings. The number of imidazole rings is 1. The van der Waals surface area contributed by atoms with Crippen LogP contribution < -0.4 is 16.0 Å². The van der Waals surface area contributed by atoms with Crippen LogP contribution in [0.3, 0.4) is 0 Å². The van der Waals surface area contributed by atoms with Crippen LogP contribution in [0.1, 0.15) is 29.8 Å². The number of nitrogens with one attached hydrogen (secondary N) is 5. The molecule has 2 aromatic rings. The fraction of sp³-hybridized carbons (Fsp3) is 0.471. The Hall–Kier alpha value is -2.41. The number of aromatic amines is 1. The van der Waals surface area contributed by atoms with E-state index in [9.17, 15) is 0 Å². The molecule has 2 rings (SSSR count). The van der Waals surface area contributed by atoms with E-state index in [4.69, 9.17) is 5.41 Å². The van der Waals surface area contributed by atoms with Gasteiger partial charge in [-0.1, -0.05) is 6.07 Å². The van der Waals surface area contributed by atoms with Crippen LogP contribution in [0.25, 0.3) is 0 Å². The molecule has 7 nitrogen and oxygen atoms in total. The van der Waals surface area contributed by atoms with Crippen molar-refractivity contribution in [2.75, 3.05) is 19.6 Å². The average molecular weight is 329 g/mol. The summed E-state index contributed by atoms with van der Waals surface area (Å²) in [5.74, 6) is 0.386. The SMILES string of the molecule is Cc1ccc(CNCCCNC(=N)NCCCc2c[nH]cn2)nc1. The third kappa shape index (κ3) is 7.23. The van der Waals surface area contributed by atoms with Gasteiger partial charge < -0.3 is 20.9 Å². The number of rotatable bonds is 10. The maximum Gasteiger partial charge on any atom is 0.188 e. The minimum absolute atomic E-state index is 0.386. The fourth-order valence-electron chi connectivity index (χ4n) is 2.22. The summed E-state index contributed by atoms with van der Waals surface area (Å²) in [4.78, 5) is 11.5. The highest BCUT2D eigenvalue weighted by molar-refractivity contribution is 5.76. The summed E-state index contributed by atoms with van der Waals surface area (Å²) in [6.07, 6.45) is 8.32. The summed E-state index contributed by atoms with van der Waals surface area (Å²) in [5, 5.41) is 17.3. The second kappa shape index (κ2) is 10.4. The molecule has 2 aromatic heterocycles. The summed E-state index contributed by atoms with van der Waals surface area (Å²) >= 11 is 0. The molecule has 0 radical (unpaired) electrons. The Labute approximate surface area is 143 Å². The molecule has 0 saturated heterocycles. The molecule has 0 unspecified atom stereocenters. The van der Waals surface area contributed by atoms with E-state index in [1.807, 2.05) is 25.4 Å². The molecule has 0 atom stereocenters. The monoisotopic (exact) mass is 329 g/mol. The smallest absolute Gasteiger partial charge is 0.188 e. The third-order valence-corrected chi connectivity index (χ3v) is 3.58. The van der Waals surface area contributed by atoms with Gasteiger partial charge in [0.1, 0.15) is 0 Å². The van der Waals surface area contributed by atoms with Gasteiger partial charge in [0.15, 0.2) is 5.96 Å². The van der Waals surface area contributed by atoms with Crippen LogP contribution in [0.5, 0.6) is 0 Å². The second-order valence-electron chi connectivity index (χ2n) is 5.75. The van der Waals surface area contributed by atoms with Crippen molar-refractivity contribution >= 4 is 5.96 Å². The van der Waals surface area contributed by atoms with Crippen molar-refractivity contribution in [3.05, 3.63) is 47.8 Å². The first-order valence-corrected chi connectivity index (χ1v) is 8.40. The lowest BCUT2D eigenvalue weighted by Gasteiger charge is -2.10. The minimum Gasteiger partial charge on any atom is -0.357 e. The molecule has 0 aliphatic carbocycles. The van der Waals surface area contributed by atoms with Crippen molar-refractivity contribution in [2.45, 2.75) is 32.7 Å². The lowest BCUT2D eigenvalue weighted by atomic mass is 10.2. The molecule has 7 heteroatoms. The molecule has 0 amide bonds. The maximum atomic E-state index is 7.80. The maximum absolute atomic E-state index is 7.80. The van der Waals surface area contributed by atoms with Gasteiger partial charge in [-0.25, -0.2) is 4.98 Å². The van der Waals surface area contributed by atoms with Gasteiger partial charge in [-0.15, -0.1) is 0 Å². The molecule has 24 heavy (non-hydrogen) atoms. The van der Waals surface area contributed by atoms with Gasteiger partial charge in [0.2, 0.25) is 0 Å². The van der Waals surface area contributed by atoms with Crippen LogP contribution in [-0.4, -0.2) is 40.5 Å². The summed E-state index contributed by atoms with van der Waals surface area (Å²) in [7, 11) is 0. The molecular weight excluding hydrogens is 302 g/mol. The quantitative estimate of drug-likeness (QED) is 0.257. The summed E-state index contributed by atoms with van der Waals surface area (Å²) < 4.78 is 0. The van der Waals surface area contributed by atoms with E-state index in [2.05, 4.69) is 37.0 Å². The molecule has 0 saturated carbocycles. The summed E-state index contributed by atoms with van der Waals surface area (Å²) in [6, 6.07) is 4.12. The van der Waals surface area contributed by atoms with Gasteiger partial charge in [0, 0.05) is 32.0 Å². The second-order valence-corrected chi connectivity index (χ2v) is 5.75. The Bertz CT molecular complexity index is 577. The average Bonchev–Trinajstić information content (AvgIpc) is 3.10. The lowest BCUT2D eigenvalue weighted by molar-refractivity contribution is 0.626. The first-order chi connectivity index (χ1) is 11.7. The zero-order chi connectivity index (χ0) is 17.0. The normalized spacial score (nSPS) is 10.5. The molecule has 0 aromatic carbocycles. The Morgan fingerprint density at radius 1 is 1.08 bits per heavy atom. The van der Waals surface area contributed by atoms with Crippen molar-refractivity contribution < 1.29 is 0 Å². The van der Waals surface area contributed by atoms with Crippen molar-refractivity contribution in [1.29, 1.82) is 5.41 Å². The van der Waals surface area contributed by atoms with E-state index in [-0.39, 0.29) is 0 Å². The lowest BCUT2D eigenvalue weighted by Crippen LogP contribution is -2.38. The van der Waals surface area contributed by atoms with E-state index in [1.54, 1.807) is 6.33 Å². The molecule has 0 bridgehead atoms. The number of pyridine rings is 1. The molecule has 5 N–H and O–H groups in total. The zero-order valence-corrected chi connectivity index (χ0v) is 14.2. The molecule has 0 aliphatic rings. The van der Waals surface area contributed by atoms with E-state index in [1.165, 1.54) is 5.56 Å². The van der Waals surface area contributed by atoms with Crippen molar-refractivity contribution in [2.24, 2.45) is 0 Å². The van der Waals surface area contributed by atoms with Crippen molar-refractivity contribution in [3.63, 3.8) is 0 Å². The van der Waals surface area contributed by atoms with Crippen molar-refractivity contribution in [1.82, 2.24) is 30.9 Å². The standard InChI is InChI=1S/C17H27N7/c1-14-5-6-16(23-10-14)11-19-7-3-9-22-17(18)21-8-2-4-15-12-20-13-24-15/h5-6,10,12-13,19H,2-4,7-9,11H2,1H3,(H,20,24)(H3,18,21,22). The van der Waals surface area contributed by atoms with Crippen molar-refractivity contribution in [3.8, 4) is 0 Å². The predicted octanol–water partition coefficient (Wildman–Crippen LogP) is 1.34. The van der Waals surface area contributed by atoms with Crippen LogP contribution in [-0.2, 0) is 13.0 Å². The van der Waals surface area contributed by atoms with E-state index in [0.29, 0.717) is 5.96 Å². The zero-order valence-electron chi connectivity index (χ0n) is 14.2. The Morgan fingerprint density at radius 3 is 2.62 bits per heavy atom. The van der Waals surface area contributed by atoms with Gasteiger partial charge in [0.25, 0.3) is 0 Å². The Kier molecular flexibility index (Phi) is 7.76. The van der Waals surface area contributed by atoms with Crippen LogP contribution >= 0.6 is 0 Å². The van der Waals surface area contributed by atoms with E-state index in [0.717, 1.165) is 56.8 Å². The summed E-state index contributed by atoms with van der Waals surface area (Å²) in [6.45, 7) is 5.27. The van der Waals surface area contributed by atoms with Gasteiger partial charge in [0.05, 0.1) is 17.7 Å². The van der Waals surface area contributed by atoms with E-state index < -0.39 is 0 Å². The topological polar surface area (TPSA) is 102 Å². The molecular formula is C17H27N7. The van der Waals surface area contributed by atoms with Crippen LogP contribution in [0, 0.1) is 12.3 Å². The molecule has 0 spiro atoms. The summed E-state index contributed by atoms with van der Waals surface area (Å²) in [5.41, 5.74) is 3.30. The number of nitrogens with zero attached hydrogens (tertiary/aromatic N) is 2. The first kappa shape index (κ1) is 17.9. The number of hydrogen-bond donors (Lipinski definition) is 5.